The minimum absolute atomic E-state index is 0.260. The van der Waals surface area contributed by atoms with Crippen LogP contribution in [0.4, 0.5) is 5.82 Å². The number of rotatable bonds is 3. The van der Waals surface area contributed by atoms with Gasteiger partial charge in [0.15, 0.2) is 0 Å². The van der Waals surface area contributed by atoms with Crippen molar-refractivity contribution in [3.05, 3.63) is 22.8 Å². The predicted octanol–water partition coefficient (Wildman–Crippen LogP) is 1.01. The van der Waals surface area contributed by atoms with Gasteiger partial charge in [-0.15, -0.1) is 0 Å². The number of nitrogens with zero attached hydrogens (tertiary/aromatic N) is 2. The first-order valence-corrected chi connectivity index (χ1v) is 7.30. The van der Waals surface area contributed by atoms with E-state index < -0.39 is 10.1 Å². The molecule has 1 saturated heterocycles. The Morgan fingerprint density at radius 3 is 2.81 bits per heavy atom. The highest BCUT2D eigenvalue weighted by Crippen LogP contribution is 2.27. The van der Waals surface area contributed by atoms with Gasteiger partial charge in [0.2, 0.25) is 0 Å². The largest absolute Gasteiger partial charge is 0.350 e. The lowest BCUT2D eigenvalue weighted by Gasteiger charge is -2.39. The molecule has 0 aliphatic carbocycles. The van der Waals surface area contributed by atoms with Gasteiger partial charge in [-0.05, 0) is 28.1 Å². The standard InChI is InChI=1S/C9H11BrN2O3S/c1-16(13,14)15-7-5-12(6-7)9-8(10)3-2-4-11-9/h2-4,7H,5-6H2,1H3. The molecule has 0 radical (unpaired) electrons. The van der Waals surface area contributed by atoms with Gasteiger partial charge in [0, 0.05) is 19.3 Å². The second kappa shape index (κ2) is 4.31. The Kier molecular flexibility index (Phi) is 3.18. The summed E-state index contributed by atoms with van der Waals surface area (Å²) in [5.41, 5.74) is 0. The smallest absolute Gasteiger partial charge is 0.264 e. The highest BCUT2D eigenvalue weighted by Gasteiger charge is 2.32. The summed E-state index contributed by atoms with van der Waals surface area (Å²) < 4.78 is 27.5. The van der Waals surface area contributed by atoms with Crippen LogP contribution in [0.1, 0.15) is 0 Å². The van der Waals surface area contributed by atoms with Crippen LogP contribution in [-0.4, -0.2) is 38.9 Å². The molecule has 16 heavy (non-hydrogen) atoms. The quantitative estimate of drug-likeness (QED) is 0.780. The van der Waals surface area contributed by atoms with Gasteiger partial charge in [0.25, 0.3) is 10.1 Å². The SMILES string of the molecule is CS(=O)(=O)OC1CN(c2ncccc2Br)C1. The van der Waals surface area contributed by atoms with Gasteiger partial charge >= 0.3 is 0 Å². The Balaban J connectivity index is 1.97. The van der Waals surface area contributed by atoms with Gasteiger partial charge in [-0.3, -0.25) is 4.18 Å². The molecule has 0 saturated carbocycles. The summed E-state index contributed by atoms with van der Waals surface area (Å²) in [5.74, 6) is 0.816. The third-order valence-electron chi connectivity index (χ3n) is 2.20. The highest BCUT2D eigenvalue weighted by atomic mass is 79.9. The highest BCUT2D eigenvalue weighted by molar-refractivity contribution is 9.10. The first kappa shape index (κ1) is 11.8. The van der Waals surface area contributed by atoms with Gasteiger partial charge < -0.3 is 4.90 Å². The Hall–Kier alpha value is -0.660. The van der Waals surface area contributed by atoms with Crippen LogP contribution >= 0.6 is 15.9 Å². The Bertz CT molecular complexity index is 485. The van der Waals surface area contributed by atoms with Crippen molar-refractivity contribution < 1.29 is 12.6 Å². The molecule has 2 heterocycles. The second-order valence-corrected chi connectivity index (χ2v) is 6.09. The van der Waals surface area contributed by atoms with Crippen LogP contribution in [0.25, 0.3) is 0 Å². The van der Waals surface area contributed by atoms with Crippen LogP contribution in [0.3, 0.4) is 0 Å². The number of hydrogen-bond acceptors (Lipinski definition) is 5. The Labute approximate surface area is 103 Å². The van der Waals surface area contributed by atoms with Crippen molar-refractivity contribution in [2.75, 3.05) is 24.2 Å². The maximum absolute atomic E-state index is 10.9. The van der Waals surface area contributed by atoms with Crippen LogP contribution < -0.4 is 4.90 Å². The predicted molar refractivity (Wildman–Crippen MR) is 63.9 cm³/mol. The van der Waals surface area contributed by atoms with Crippen molar-refractivity contribution >= 4 is 31.9 Å². The van der Waals surface area contributed by atoms with E-state index in [0.29, 0.717) is 13.1 Å². The maximum Gasteiger partial charge on any atom is 0.264 e. The Morgan fingerprint density at radius 1 is 1.56 bits per heavy atom. The summed E-state index contributed by atoms with van der Waals surface area (Å²) in [6, 6.07) is 3.73. The average molecular weight is 307 g/mol. The molecule has 0 spiro atoms. The summed E-state index contributed by atoms with van der Waals surface area (Å²) >= 11 is 3.39. The molecule has 0 atom stereocenters. The second-order valence-electron chi connectivity index (χ2n) is 3.64. The number of hydrogen-bond donors (Lipinski definition) is 0. The van der Waals surface area contributed by atoms with E-state index in [4.69, 9.17) is 4.18 Å². The lowest BCUT2D eigenvalue weighted by Crippen LogP contribution is -2.53. The molecule has 1 aliphatic rings. The van der Waals surface area contributed by atoms with Crippen molar-refractivity contribution in [2.24, 2.45) is 0 Å². The van der Waals surface area contributed by atoms with Crippen LogP contribution in [0, 0.1) is 0 Å². The van der Waals surface area contributed by atoms with E-state index in [0.717, 1.165) is 16.5 Å². The molecule has 0 bridgehead atoms. The zero-order valence-corrected chi connectivity index (χ0v) is 11.0. The summed E-state index contributed by atoms with van der Waals surface area (Å²) in [5, 5.41) is 0. The number of halogens is 1. The molecule has 1 aliphatic heterocycles. The summed E-state index contributed by atoms with van der Waals surface area (Å²) in [7, 11) is -3.36. The maximum atomic E-state index is 10.9. The zero-order valence-electron chi connectivity index (χ0n) is 8.63. The minimum Gasteiger partial charge on any atom is -0.350 e. The van der Waals surface area contributed by atoms with E-state index in [1.165, 1.54) is 0 Å². The zero-order chi connectivity index (χ0) is 11.8. The van der Waals surface area contributed by atoms with Crippen LogP contribution in [-0.2, 0) is 14.3 Å². The van der Waals surface area contributed by atoms with Gasteiger partial charge in [-0.25, -0.2) is 4.98 Å². The number of anilines is 1. The average Bonchev–Trinajstić information content (AvgIpc) is 2.11. The van der Waals surface area contributed by atoms with Crippen LogP contribution in [0.2, 0.25) is 0 Å². The molecule has 88 valence electrons. The topological polar surface area (TPSA) is 59.5 Å². The van der Waals surface area contributed by atoms with Crippen molar-refractivity contribution in [1.29, 1.82) is 0 Å². The molecule has 0 N–H and O–H groups in total. The molecule has 5 nitrogen and oxygen atoms in total. The lowest BCUT2D eigenvalue weighted by molar-refractivity contribution is 0.176. The third kappa shape index (κ3) is 2.72. The van der Waals surface area contributed by atoms with Crippen molar-refractivity contribution in [3.8, 4) is 0 Å². The summed E-state index contributed by atoms with van der Waals surface area (Å²) in [4.78, 5) is 6.16. The van der Waals surface area contributed by atoms with E-state index in [1.807, 2.05) is 17.0 Å². The van der Waals surface area contributed by atoms with Gasteiger partial charge in [-0.1, -0.05) is 0 Å². The number of pyridine rings is 1. The first-order chi connectivity index (χ1) is 7.46. The van der Waals surface area contributed by atoms with Crippen LogP contribution in [0.15, 0.2) is 22.8 Å². The molecule has 0 unspecified atom stereocenters. The monoisotopic (exact) mass is 306 g/mol. The van der Waals surface area contributed by atoms with Gasteiger partial charge in [0.1, 0.15) is 11.9 Å². The minimum atomic E-state index is -3.36. The van der Waals surface area contributed by atoms with E-state index in [2.05, 4.69) is 20.9 Å². The fourth-order valence-electron chi connectivity index (χ4n) is 1.53. The summed E-state index contributed by atoms with van der Waals surface area (Å²) in [6.07, 6.45) is 2.50. The van der Waals surface area contributed by atoms with E-state index in [-0.39, 0.29) is 6.10 Å². The van der Waals surface area contributed by atoms with Gasteiger partial charge in [-0.2, -0.15) is 8.42 Å². The lowest BCUT2D eigenvalue weighted by atomic mass is 10.2. The molecule has 1 aromatic heterocycles. The van der Waals surface area contributed by atoms with E-state index in [9.17, 15) is 8.42 Å². The van der Waals surface area contributed by atoms with E-state index in [1.54, 1.807) is 6.20 Å². The van der Waals surface area contributed by atoms with Crippen LogP contribution in [0.5, 0.6) is 0 Å². The fourth-order valence-corrected chi connectivity index (χ4v) is 2.65. The molecule has 2 rings (SSSR count). The van der Waals surface area contributed by atoms with Gasteiger partial charge in [0.05, 0.1) is 10.7 Å². The normalized spacial score (nSPS) is 17.2. The molecule has 1 fully saturated rings. The third-order valence-corrected chi connectivity index (χ3v) is 3.44. The van der Waals surface area contributed by atoms with Crippen molar-refractivity contribution in [1.82, 2.24) is 4.98 Å². The van der Waals surface area contributed by atoms with Crippen molar-refractivity contribution in [3.63, 3.8) is 0 Å². The Morgan fingerprint density at radius 2 is 2.25 bits per heavy atom. The molecule has 0 amide bonds. The molecule has 1 aromatic rings. The first-order valence-electron chi connectivity index (χ1n) is 4.69. The molecular weight excluding hydrogens is 296 g/mol. The number of aromatic nitrogens is 1. The summed E-state index contributed by atoms with van der Waals surface area (Å²) in [6.45, 7) is 1.09. The fraction of sp³-hybridized carbons (Fsp3) is 0.444. The van der Waals surface area contributed by atoms with Crippen molar-refractivity contribution in [2.45, 2.75) is 6.10 Å². The molecular formula is C9H11BrN2O3S. The van der Waals surface area contributed by atoms with E-state index >= 15 is 0 Å². The molecule has 7 heteroatoms. The molecule has 0 aromatic carbocycles.